The summed E-state index contributed by atoms with van der Waals surface area (Å²) in [5, 5.41) is 18.2. The highest BCUT2D eigenvalue weighted by Gasteiger charge is 2.11. The highest BCUT2D eigenvalue weighted by atomic mass is 16.4. The maximum absolute atomic E-state index is 11.1. The molecule has 0 unspecified atom stereocenters. The molecule has 0 saturated carbocycles. The van der Waals surface area contributed by atoms with Gasteiger partial charge < -0.3 is 10.2 Å². The summed E-state index contributed by atoms with van der Waals surface area (Å²) in [5.41, 5.74) is 2.86. The molecule has 2 rings (SSSR count). The van der Waals surface area contributed by atoms with Gasteiger partial charge in [0.1, 0.15) is 5.75 Å². The van der Waals surface area contributed by atoms with Gasteiger partial charge in [-0.15, -0.1) is 0 Å². The number of aryl methyl sites for hydroxylation is 1. The highest BCUT2D eigenvalue weighted by Crippen LogP contribution is 2.16. The predicted molar refractivity (Wildman–Crippen MR) is 86.6 cm³/mol. The van der Waals surface area contributed by atoms with Crippen molar-refractivity contribution in [3.63, 3.8) is 0 Å². The maximum atomic E-state index is 11.1. The van der Waals surface area contributed by atoms with Crippen LogP contribution >= 0.6 is 0 Å². The van der Waals surface area contributed by atoms with Gasteiger partial charge in [-0.2, -0.15) is 9.59 Å². The minimum absolute atomic E-state index is 0.130. The molecule has 0 saturated heterocycles. The third-order valence-corrected chi connectivity index (χ3v) is 3.12. The van der Waals surface area contributed by atoms with Crippen LogP contribution in [0.15, 0.2) is 42.5 Å². The third kappa shape index (κ3) is 6.53. The normalized spacial score (nSPS) is 8.84. The average Bonchev–Trinajstić information content (AvgIpc) is 2.58. The summed E-state index contributed by atoms with van der Waals surface area (Å²) in [6.45, 7) is 1.81. The Balaban J connectivity index is 0.000000970. The summed E-state index contributed by atoms with van der Waals surface area (Å²) in [5.74, 6) is 3.82. The lowest BCUT2D eigenvalue weighted by Crippen LogP contribution is -2.14. The summed E-state index contributed by atoms with van der Waals surface area (Å²) in [6.07, 6.45) is 0.120. The number of benzene rings is 2. The van der Waals surface area contributed by atoms with E-state index in [-0.39, 0.29) is 18.3 Å². The van der Waals surface area contributed by atoms with E-state index in [1.165, 1.54) is 0 Å². The number of carboxylic acids is 1. The Morgan fingerprint density at radius 2 is 1.48 bits per heavy atom. The van der Waals surface area contributed by atoms with Gasteiger partial charge in [0.05, 0.1) is 0 Å². The topological polar surface area (TPSA) is 109 Å². The molecule has 0 radical (unpaired) electrons. The number of carbonyl (C=O) groups is 2. The molecule has 2 aromatic carbocycles. The first-order valence-electron chi connectivity index (χ1n) is 7.03. The molecule has 6 nitrogen and oxygen atoms in total. The Bertz CT molecular complexity index is 863. The standard InChI is InChI=1S/C18H14O4.CO2/c1-12-2-3-14(10-16(12)19)7-4-13-5-8-15(9-6-13)11-17(20)18(21)22;2-1-3/h2-3,5-6,8-10,19H,11H2,1H3,(H,21,22);. The van der Waals surface area contributed by atoms with Crippen LogP contribution < -0.4 is 0 Å². The van der Waals surface area contributed by atoms with Crippen LogP contribution in [0.5, 0.6) is 5.75 Å². The quantitative estimate of drug-likeness (QED) is 0.651. The molecule has 0 bridgehead atoms. The zero-order chi connectivity index (χ0) is 18.8. The molecule has 2 N–H and O–H groups in total. The zero-order valence-corrected chi connectivity index (χ0v) is 13.3. The minimum Gasteiger partial charge on any atom is -0.508 e. The SMILES string of the molecule is Cc1ccc(C#Cc2ccc(CC(=O)C(=O)O)cc2)cc1O.O=C=O. The van der Waals surface area contributed by atoms with E-state index in [0.717, 1.165) is 11.1 Å². The van der Waals surface area contributed by atoms with Gasteiger partial charge in [0, 0.05) is 17.5 Å². The number of aliphatic carboxylic acids is 1. The average molecular weight is 338 g/mol. The van der Waals surface area contributed by atoms with Crippen LogP contribution in [0.3, 0.4) is 0 Å². The van der Waals surface area contributed by atoms with E-state index in [1.807, 2.05) is 13.0 Å². The summed E-state index contributed by atoms with van der Waals surface area (Å²) in [4.78, 5) is 37.9. The van der Waals surface area contributed by atoms with Crippen LogP contribution in [-0.4, -0.2) is 28.1 Å². The van der Waals surface area contributed by atoms with E-state index in [9.17, 15) is 14.7 Å². The first-order valence-corrected chi connectivity index (χ1v) is 7.03. The molecule has 0 aromatic heterocycles. The molecular formula is C19H14O6. The van der Waals surface area contributed by atoms with Gasteiger partial charge in [-0.1, -0.05) is 30.0 Å². The second kappa shape index (κ2) is 9.46. The van der Waals surface area contributed by atoms with Gasteiger partial charge in [-0.05, 0) is 42.3 Å². The van der Waals surface area contributed by atoms with Crippen LogP contribution in [-0.2, 0) is 25.6 Å². The molecule has 126 valence electrons. The number of Topliss-reactive ketones (excluding diaryl/α,β-unsaturated/α-hetero) is 1. The van der Waals surface area contributed by atoms with Crippen LogP contribution in [0.4, 0.5) is 0 Å². The molecule has 0 aliphatic rings. The third-order valence-electron chi connectivity index (χ3n) is 3.12. The Labute approximate surface area is 143 Å². The number of phenols is 1. The number of hydrogen-bond donors (Lipinski definition) is 2. The van der Waals surface area contributed by atoms with Crippen LogP contribution in [0.1, 0.15) is 22.3 Å². The number of carboxylic acid groups (broad SMARTS) is 1. The zero-order valence-electron chi connectivity index (χ0n) is 13.3. The fraction of sp³-hybridized carbons (Fsp3) is 0.105. The highest BCUT2D eigenvalue weighted by molar-refractivity contribution is 6.33. The van der Waals surface area contributed by atoms with E-state index >= 15 is 0 Å². The molecule has 2 aromatic rings. The molecule has 0 heterocycles. The van der Waals surface area contributed by atoms with E-state index in [0.29, 0.717) is 11.1 Å². The molecule has 0 aliphatic heterocycles. The Kier molecular flexibility index (Phi) is 7.33. The summed E-state index contributed by atoms with van der Waals surface area (Å²) in [7, 11) is 0. The van der Waals surface area contributed by atoms with Crippen molar-refractivity contribution in [1.29, 1.82) is 0 Å². The molecular weight excluding hydrogens is 324 g/mol. The van der Waals surface area contributed by atoms with Crippen molar-refractivity contribution in [2.75, 3.05) is 0 Å². The number of aromatic hydroxyl groups is 1. The summed E-state index contributed by atoms with van der Waals surface area (Å²) < 4.78 is 0. The van der Waals surface area contributed by atoms with Crippen molar-refractivity contribution in [3.8, 4) is 17.6 Å². The van der Waals surface area contributed by atoms with E-state index in [4.69, 9.17) is 14.7 Å². The van der Waals surface area contributed by atoms with Crippen LogP contribution in [0.25, 0.3) is 0 Å². The first kappa shape index (κ1) is 19.4. The summed E-state index contributed by atoms with van der Waals surface area (Å²) in [6, 6.07) is 12.0. The Morgan fingerprint density at radius 3 is 2.00 bits per heavy atom. The van der Waals surface area contributed by atoms with Gasteiger partial charge in [0.15, 0.2) is 0 Å². The molecule has 0 fully saturated rings. The summed E-state index contributed by atoms with van der Waals surface area (Å²) >= 11 is 0. The van der Waals surface area contributed by atoms with Crippen molar-refractivity contribution in [2.45, 2.75) is 13.3 Å². The molecule has 0 spiro atoms. The van der Waals surface area contributed by atoms with Crippen LogP contribution in [0.2, 0.25) is 0 Å². The van der Waals surface area contributed by atoms with Gasteiger partial charge in [0.25, 0.3) is 0 Å². The fourth-order valence-corrected chi connectivity index (χ4v) is 1.80. The largest absolute Gasteiger partial charge is 0.508 e. The predicted octanol–water partition coefficient (Wildman–Crippen LogP) is 1.71. The van der Waals surface area contributed by atoms with Crippen molar-refractivity contribution >= 4 is 17.9 Å². The van der Waals surface area contributed by atoms with E-state index in [2.05, 4.69) is 11.8 Å². The lowest BCUT2D eigenvalue weighted by molar-refractivity contribution is -0.191. The van der Waals surface area contributed by atoms with Crippen molar-refractivity contribution in [2.24, 2.45) is 0 Å². The van der Waals surface area contributed by atoms with Gasteiger partial charge in [-0.25, -0.2) is 4.79 Å². The molecule has 0 amide bonds. The second-order valence-corrected chi connectivity index (χ2v) is 4.94. The number of phenolic OH excluding ortho intramolecular Hbond substituents is 1. The van der Waals surface area contributed by atoms with Crippen molar-refractivity contribution in [1.82, 2.24) is 0 Å². The number of rotatable bonds is 3. The second-order valence-electron chi connectivity index (χ2n) is 4.94. The van der Waals surface area contributed by atoms with Crippen molar-refractivity contribution < 1.29 is 29.4 Å². The maximum Gasteiger partial charge on any atom is 0.373 e. The number of ketones is 1. The lowest BCUT2D eigenvalue weighted by Gasteiger charge is -1.99. The van der Waals surface area contributed by atoms with Gasteiger partial charge in [0.2, 0.25) is 5.78 Å². The smallest absolute Gasteiger partial charge is 0.373 e. The minimum atomic E-state index is -1.43. The number of hydrogen-bond acceptors (Lipinski definition) is 5. The van der Waals surface area contributed by atoms with Gasteiger partial charge in [-0.3, -0.25) is 4.79 Å². The monoisotopic (exact) mass is 338 g/mol. The molecule has 25 heavy (non-hydrogen) atoms. The Morgan fingerprint density at radius 1 is 0.960 bits per heavy atom. The van der Waals surface area contributed by atoms with E-state index in [1.54, 1.807) is 36.4 Å². The Hall–Kier alpha value is -3.68. The number of carbonyl (C=O) groups excluding carboxylic acids is 3. The van der Waals surface area contributed by atoms with Gasteiger partial charge >= 0.3 is 12.1 Å². The van der Waals surface area contributed by atoms with Crippen molar-refractivity contribution in [3.05, 3.63) is 64.7 Å². The van der Waals surface area contributed by atoms with E-state index < -0.39 is 11.8 Å². The molecule has 6 heteroatoms. The lowest BCUT2D eigenvalue weighted by atomic mass is 10.1. The molecule has 0 aliphatic carbocycles. The van der Waals surface area contributed by atoms with Crippen LogP contribution in [0, 0.1) is 18.8 Å². The fourth-order valence-electron chi connectivity index (χ4n) is 1.80. The first-order chi connectivity index (χ1) is 11.9. The molecule has 0 atom stereocenters.